The summed E-state index contributed by atoms with van der Waals surface area (Å²) >= 11 is 0. The molecule has 0 radical (unpaired) electrons. The van der Waals surface area contributed by atoms with Gasteiger partial charge in [-0.25, -0.2) is 8.42 Å². The smallest absolute Gasteiger partial charge is 0.245 e. The second-order valence-electron chi connectivity index (χ2n) is 6.93. The number of sulfonamides is 1. The molecule has 1 aliphatic heterocycles. The number of nitrogens with one attached hydrogen (secondary N) is 1. The molecule has 0 saturated carbocycles. The summed E-state index contributed by atoms with van der Waals surface area (Å²) in [6.45, 7) is 3.87. The highest BCUT2D eigenvalue weighted by atomic mass is 32.2. The SMILES string of the molecule is CC(C)C[C@H](N)C(=O)NC1CCCN(S(=O)(=O)c2cccnc2)CC1=O. The zero-order valence-electron chi connectivity index (χ0n) is 15.1. The number of carbonyl (C=O) groups excluding carboxylic acids is 2. The van der Waals surface area contributed by atoms with E-state index in [9.17, 15) is 18.0 Å². The van der Waals surface area contributed by atoms with E-state index >= 15 is 0 Å². The Hall–Kier alpha value is -1.84. The molecule has 1 amide bonds. The van der Waals surface area contributed by atoms with Gasteiger partial charge in [0, 0.05) is 18.9 Å². The Bertz CT molecular complexity index is 736. The Morgan fingerprint density at radius 2 is 2.19 bits per heavy atom. The van der Waals surface area contributed by atoms with E-state index in [1.165, 1.54) is 24.5 Å². The maximum atomic E-state index is 12.7. The maximum absolute atomic E-state index is 12.7. The first-order chi connectivity index (χ1) is 12.2. The second kappa shape index (κ2) is 8.70. The van der Waals surface area contributed by atoms with Gasteiger partial charge in [0.05, 0.1) is 18.6 Å². The molecule has 0 aliphatic carbocycles. The predicted molar refractivity (Wildman–Crippen MR) is 96.6 cm³/mol. The Kier molecular flexibility index (Phi) is 6.85. The summed E-state index contributed by atoms with van der Waals surface area (Å²) in [5, 5.41) is 2.68. The van der Waals surface area contributed by atoms with Gasteiger partial charge in [-0.15, -0.1) is 0 Å². The van der Waals surface area contributed by atoms with E-state index in [0.29, 0.717) is 19.3 Å². The highest BCUT2D eigenvalue weighted by molar-refractivity contribution is 7.89. The van der Waals surface area contributed by atoms with Gasteiger partial charge in [0.2, 0.25) is 15.9 Å². The Morgan fingerprint density at radius 1 is 1.46 bits per heavy atom. The van der Waals surface area contributed by atoms with Gasteiger partial charge >= 0.3 is 0 Å². The lowest BCUT2D eigenvalue weighted by atomic mass is 10.0. The molecule has 1 unspecified atom stereocenters. The third-order valence-electron chi connectivity index (χ3n) is 4.27. The zero-order chi connectivity index (χ0) is 19.3. The number of hydrogen-bond acceptors (Lipinski definition) is 6. The monoisotopic (exact) mass is 382 g/mol. The zero-order valence-corrected chi connectivity index (χ0v) is 15.9. The van der Waals surface area contributed by atoms with Crippen LogP contribution in [0.2, 0.25) is 0 Å². The van der Waals surface area contributed by atoms with Crippen molar-refractivity contribution in [2.75, 3.05) is 13.1 Å². The molecule has 1 aromatic heterocycles. The van der Waals surface area contributed by atoms with Gasteiger partial charge in [-0.3, -0.25) is 14.6 Å². The lowest BCUT2D eigenvalue weighted by Gasteiger charge is -2.21. The van der Waals surface area contributed by atoms with Crippen molar-refractivity contribution in [1.29, 1.82) is 0 Å². The molecule has 0 bridgehead atoms. The molecule has 1 aromatic rings. The Labute approximate surface area is 154 Å². The summed E-state index contributed by atoms with van der Waals surface area (Å²) < 4.78 is 26.5. The Morgan fingerprint density at radius 3 is 2.81 bits per heavy atom. The van der Waals surface area contributed by atoms with E-state index in [1.807, 2.05) is 13.8 Å². The van der Waals surface area contributed by atoms with Crippen molar-refractivity contribution in [3.8, 4) is 0 Å². The van der Waals surface area contributed by atoms with E-state index in [2.05, 4.69) is 10.3 Å². The first-order valence-corrected chi connectivity index (χ1v) is 10.1. The summed E-state index contributed by atoms with van der Waals surface area (Å²) in [7, 11) is -3.79. The third-order valence-corrected chi connectivity index (χ3v) is 6.10. The largest absolute Gasteiger partial charge is 0.345 e. The summed E-state index contributed by atoms with van der Waals surface area (Å²) in [5.41, 5.74) is 5.86. The fourth-order valence-corrected chi connectivity index (χ4v) is 4.31. The number of nitrogens with zero attached hydrogens (tertiary/aromatic N) is 2. The van der Waals surface area contributed by atoms with Gasteiger partial charge in [-0.1, -0.05) is 13.8 Å². The number of pyridine rings is 1. The van der Waals surface area contributed by atoms with Crippen LogP contribution in [-0.2, 0) is 19.6 Å². The molecule has 1 fully saturated rings. The number of rotatable bonds is 6. The van der Waals surface area contributed by atoms with Crippen molar-refractivity contribution in [1.82, 2.24) is 14.6 Å². The summed E-state index contributed by atoms with van der Waals surface area (Å²) in [5.74, 6) is -0.443. The van der Waals surface area contributed by atoms with Crippen LogP contribution in [0.25, 0.3) is 0 Å². The summed E-state index contributed by atoms with van der Waals surface area (Å²) in [6.07, 6.45) is 4.12. The fourth-order valence-electron chi connectivity index (χ4n) is 2.90. The van der Waals surface area contributed by atoms with Crippen LogP contribution in [0, 0.1) is 5.92 Å². The molecule has 8 nitrogen and oxygen atoms in total. The molecule has 3 N–H and O–H groups in total. The van der Waals surface area contributed by atoms with Gasteiger partial charge in [0.15, 0.2) is 5.78 Å². The molecule has 2 rings (SSSR count). The van der Waals surface area contributed by atoms with E-state index in [-0.39, 0.29) is 35.6 Å². The molecule has 1 aliphatic rings. The normalized spacial score (nSPS) is 20.6. The molecule has 0 spiro atoms. The first kappa shape index (κ1) is 20.5. The lowest BCUT2D eigenvalue weighted by Crippen LogP contribution is -2.50. The van der Waals surface area contributed by atoms with Crippen LogP contribution in [0.1, 0.15) is 33.1 Å². The summed E-state index contributed by atoms with van der Waals surface area (Å²) in [4.78, 5) is 28.6. The van der Waals surface area contributed by atoms with Crippen molar-refractivity contribution >= 4 is 21.7 Å². The first-order valence-electron chi connectivity index (χ1n) is 8.70. The molecular formula is C17H26N4O4S. The van der Waals surface area contributed by atoms with Crippen LogP contribution >= 0.6 is 0 Å². The fraction of sp³-hybridized carbons (Fsp3) is 0.588. The van der Waals surface area contributed by atoms with E-state index < -0.39 is 22.1 Å². The standard InChI is InChI=1S/C17H26N4O4S/c1-12(2)9-14(18)17(23)20-15-6-4-8-21(11-16(15)22)26(24,25)13-5-3-7-19-10-13/h3,5,7,10,12,14-15H,4,6,8-9,11,18H2,1-2H3,(H,20,23)/t14-,15?/m0/s1. The minimum absolute atomic E-state index is 0.0502. The average molecular weight is 382 g/mol. The molecule has 2 atom stereocenters. The maximum Gasteiger partial charge on any atom is 0.245 e. The van der Waals surface area contributed by atoms with Crippen molar-refractivity contribution < 1.29 is 18.0 Å². The van der Waals surface area contributed by atoms with Crippen LogP contribution in [0.4, 0.5) is 0 Å². The van der Waals surface area contributed by atoms with Crippen molar-refractivity contribution in [2.45, 2.75) is 50.1 Å². The highest BCUT2D eigenvalue weighted by Crippen LogP contribution is 2.18. The third kappa shape index (κ3) is 5.09. The van der Waals surface area contributed by atoms with Crippen LogP contribution in [0.15, 0.2) is 29.4 Å². The Balaban J connectivity index is 2.05. The number of ketones is 1. The van der Waals surface area contributed by atoms with Gasteiger partial charge in [-0.2, -0.15) is 4.31 Å². The van der Waals surface area contributed by atoms with E-state index in [1.54, 1.807) is 0 Å². The van der Waals surface area contributed by atoms with E-state index in [0.717, 1.165) is 4.31 Å². The molecular weight excluding hydrogens is 356 g/mol. The minimum atomic E-state index is -3.79. The van der Waals surface area contributed by atoms with Crippen LogP contribution < -0.4 is 11.1 Å². The summed E-state index contributed by atoms with van der Waals surface area (Å²) in [6, 6.07) is 1.59. The molecule has 144 valence electrons. The minimum Gasteiger partial charge on any atom is -0.345 e. The van der Waals surface area contributed by atoms with Gasteiger partial charge < -0.3 is 11.1 Å². The molecule has 1 saturated heterocycles. The van der Waals surface area contributed by atoms with Crippen LogP contribution in [0.3, 0.4) is 0 Å². The topological polar surface area (TPSA) is 122 Å². The average Bonchev–Trinajstić information content (AvgIpc) is 2.77. The quantitative estimate of drug-likeness (QED) is 0.729. The number of hydrogen-bond donors (Lipinski definition) is 2. The number of amides is 1. The number of carbonyl (C=O) groups is 2. The molecule has 26 heavy (non-hydrogen) atoms. The van der Waals surface area contributed by atoms with Crippen LogP contribution in [-0.4, -0.2) is 54.6 Å². The molecule has 2 heterocycles. The predicted octanol–water partition coefficient (Wildman–Crippen LogP) is 0.293. The van der Waals surface area contributed by atoms with Crippen LogP contribution in [0.5, 0.6) is 0 Å². The highest BCUT2D eigenvalue weighted by Gasteiger charge is 2.33. The molecule has 9 heteroatoms. The lowest BCUT2D eigenvalue weighted by molar-refractivity contribution is -0.128. The van der Waals surface area contributed by atoms with Gasteiger partial charge in [0.1, 0.15) is 4.90 Å². The number of aromatic nitrogens is 1. The number of Topliss-reactive ketones (excluding diaryl/α,β-unsaturated/α-hetero) is 1. The second-order valence-corrected chi connectivity index (χ2v) is 8.87. The van der Waals surface area contributed by atoms with Crippen molar-refractivity contribution in [3.63, 3.8) is 0 Å². The van der Waals surface area contributed by atoms with Crippen molar-refractivity contribution in [2.24, 2.45) is 11.7 Å². The van der Waals surface area contributed by atoms with E-state index in [4.69, 9.17) is 5.73 Å². The van der Waals surface area contributed by atoms with Gasteiger partial charge in [-0.05, 0) is 37.3 Å². The number of nitrogens with two attached hydrogens (primary N) is 1. The molecule has 0 aromatic carbocycles. The van der Waals surface area contributed by atoms with Gasteiger partial charge in [0.25, 0.3) is 0 Å². The van der Waals surface area contributed by atoms with Crippen molar-refractivity contribution in [3.05, 3.63) is 24.5 Å².